The number of amides is 1. The molecule has 158 valence electrons. The van der Waals surface area contributed by atoms with Crippen molar-refractivity contribution in [1.29, 1.82) is 0 Å². The van der Waals surface area contributed by atoms with Crippen molar-refractivity contribution in [2.75, 3.05) is 26.2 Å². The molecular formula is C23H25NO6. The van der Waals surface area contributed by atoms with E-state index in [1.165, 1.54) is 21.3 Å². The van der Waals surface area contributed by atoms with Crippen molar-refractivity contribution in [2.45, 2.75) is 38.6 Å². The fourth-order valence-corrected chi connectivity index (χ4v) is 4.59. The number of anilines is 1. The van der Waals surface area contributed by atoms with Crippen LogP contribution in [0.2, 0.25) is 0 Å². The van der Waals surface area contributed by atoms with E-state index in [4.69, 9.17) is 18.9 Å². The second kappa shape index (κ2) is 6.93. The van der Waals surface area contributed by atoms with Gasteiger partial charge in [0.1, 0.15) is 11.5 Å². The summed E-state index contributed by atoms with van der Waals surface area (Å²) in [5.74, 6) is 1.53. The summed E-state index contributed by atoms with van der Waals surface area (Å²) in [7, 11) is 4.59. The number of benzene rings is 2. The zero-order chi connectivity index (χ0) is 21.8. The van der Waals surface area contributed by atoms with E-state index in [0.717, 1.165) is 12.0 Å². The molecule has 2 aromatic rings. The van der Waals surface area contributed by atoms with E-state index in [1.54, 1.807) is 23.1 Å². The summed E-state index contributed by atoms with van der Waals surface area (Å²) < 4.78 is 22.2. The molecule has 0 bridgehead atoms. The van der Waals surface area contributed by atoms with Crippen LogP contribution >= 0.6 is 0 Å². The Bertz CT molecular complexity index is 1030. The molecule has 1 amide bonds. The number of methoxy groups -OCH3 is 3. The molecule has 2 aliphatic rings. The normalized spacial score (nSPS) is 18.9. The maximum atomic E-state index is 12.7. The molecule has 0 spiro atoms. The SMILES string of the molecule is COc1cc(Oc2cc3c4c(c2)C(C)CC(C)(C)N4C(=O)C3=O)cc(OC)c1OC. The molecular weight excluding hydrogens is 386 g/mol. The molecule has 2 heterocycles. The summed E-state index contributed by atoms with van der Waals surface area (Å²) in [6, 6.07) is 6.91. The van der Waals surface area contributed by atoms with Crippen molar-refractivity contribution < 1.29 is 28.5 Å². The maximum absolute atomic E-state index is 12.7. The molecule has 4 rings (SSSR count). The predicted octanol–water partition coefficient (Wildman–Crippen LogP) is 4.32. The lowest BCUT2D eigenvalue weighted by Crippen LogP contribution is -2.50. The first-order chi connectivity index (χ1) is 14.2. The molecule has 0 saturated heterocycles. The van der Waals surface area contributed by atoms with E-state index in [1.807, 2.05) is 19.9 Å². The molecule has 0 N–H and O–H groups in total. The molecule has 0 fully saturated rings. The molecule has 0 aliphatic carbocycles. The quantitative estimate of drug-likeness (QED) is 0.682. The largest absolute Gasteiger partial charge is 0.493 e. The maximum Gasteiger partial charge on any atom is 0.299 e. The Balaban J connectivity index is 1.80. The summed E-state index contributed by atoms with van der Waals surface area (Å²) in [4.78, 5) is 27.1. The molecule has 0 radical (unpaired) electrons. The van der Waals surface area contributed by atoms with Gasteiger partial charge in [-0.2, -0.15) is 0 Å². The van der Waals surface area contributed by atoms with E-state index < -0.39 is 17.2 Å². The monoisotopic (exact) mass is 411 g/mol. The Morgan fingerprint density at radius 3 is 2.10 bits per heavy atom. The molecule has 7 nitrogen and oxygen atoms in total. The van der Waals surface area contributed by atoms with Crippen molar-refractivity contribution in [1.82, 2.24) is 0 Å². The fourth-order valence-electron chi connectivity index (χ4n) is 4.59. The first-order valence-corrected chi connectivity index (χ1v) is 9.76. The van der Waals surface area contributed by atoms with Gasteiger partial charge in [0.25, 0.3) is 11.7 Å². The molecule has 2 aromatic carbocycles. The second-order valence-electron chi connectivity index (χ2n) is 8.26. The number of ether oxygens (including phenoxy) is 4. The molecule has 2 aliphatic heterocycles. The minimum Gasteiger partial charge on any atom is -0.493 e. The highest BCUT2D eigenvalue weighted by molar-refractivity contribution is 6.53. The van der Waals surface area contributed by atoms with E-state index in [9.17, 15) is 9.59 Å². The number of ketones is 1. The molecule has 1 unspecified atom stereocenters. The first kappa shape index (κ1) is 20.1. The second-order valence-corrected chi connectivity index (χ2v) is 8.26. The van der Waals surface area contributed by atoms with E-state index >= 15 is 0 Å². The summed E-state index contributed by atoms with van der Waals surface area (Å²) in [5, 5.41) is 0. The number of carbonyl (C=O) groups excluding carboxylic acids is 2. The van der Waals surface area contributed by atoms with Crippen LogP contribution in [0.25, 0.3) is 0 Å². The Morgan fingerprint density at radius 2 is 1.53 bits per heavy atom. The van der Waals surface area contributed by atoms with Crippen LogP contribution < -0.4 is 23.8 Å². The predicted molar refractivity (Wildman–Crippen MR) is 112 cm³/mol. The van der Waals surface area contributed by atoms with Crippen molar-refractivity contribution >= 4 is 17.4 Å². The minimum atomic E-state index is -0.497. The Hall–Kier alpha value is -3.22. The third-order valence-corrected chi connectivity index (χ3v) is 5.79. The number of Topliss-reactive ketones (excluding diaryl/α,β-unsaturated/α-hetero) is 1. The lowest BCUT2D eigenvalue weighted by Gasteiger charge is -2.43. The van der Waals surface area contributed by atoms with Gasteiger partial charge in [-0.05, 0) is 43.9 Å². The van der Waals surface area contributed by atoms with Gasteiger partial charge in [0.05, 0.1) is 32.6 Å². The molecule has 1 atom stereocenters. The lowest BCUT2D eigenvalue weighted by molar-refractivity contribution is -0.115. The van der Waals surface area contributed by atoms with Crippen LogP contribution in [0.15, 0.2) is 24.3 Å². The molecule has 0 aromatic heterocycles. The van der Waals surface area contributed by atoms with Crippen LogP contribution in [0.1, 0.15) is 49.0 Å². The van der Waals surface area contributed by atoms with Gasteiger partial charge in [0.15, 0.2) is 11.5 Å². The van der Waals surface area contributed by atoms with Crippen molar-refractivity contribution in [3.05, 3.63) is 35.4 Å². The number of rotatable bonds is 5. The van der Waals surface area contributed by atoms with E-state index in [-0.39, 0.29) is 5.92 Å². The number of nitrogens with zero attached hydrogens (tertiary/aromatic N) is 1. The van der Waals surface area contributed by atoms with Crippen LogP contribution in [0.3, 0.4) is 0 Å². The van der Waals surface area contributed by atoms with Crippen LogP contribution in [0.5, 0.6) is 28.7 Å². The van der Waals surface area contributed by atoms with Gasteiger partial charge < -0.3 is 18.9 Å². The molecule has 30 heavy (non-hydrogen) atoms. The van der Waals surface area contributed by atoms with Crippen molar-refractivity contribution in [3.8, 4) is 28.7 Å². The van der Waals surface area contributed by atoms with Crippen LogP contribution in [-0.4, -0.2) is 38.6 Å². The van der Waals surface area contributed by atoms with Crippen LogP contribution in [0.4, 0.5) is 5.69 Å². The van der Waals surface area contributed by atoms with Gasteiger partial charge in [0, 0.05) is 17.7 Å². The highest BCUT2D eigenvalue weighted by Crippen LogP contribution is 2.50. The van der Waals surface area contributed by atoms with E-state index in [2.05, 4.69) is 6.92 Å². The summed E-state index contributed by atoms with van der Waals surface area (Å²) in [6.45, 7) is 6.09. The van der Waals surface area contributed by atoms with Gasteiger partial charge in [-0.15, -0.1) is 0 Å². The zero-order valence-corrected chi connectivity index (χ0v) is 18.0. The summed E-state index contributed by atoms with van der Waals surface area (Å²) in [5.41, 5.74) is 1.63. The standard InChI is InChI=1S/C23H25NO6/c1-12-11-23(2,3)24-19-15(12)7-13(8-16(19)20(25)22(24)26)30-14-9-17(27-4)21(29-6)18(10-14)28-5/h7-10,12H,11H2,1-6H3. The first-order valence-electron chi connectivity index (χ1n) is 9.76. The van der Waals surface area contributed by atoms with Crippen molar-refractivity contribution in [2.24, 2.45) is 0 Å². The summed E-state index contributed by atoms with van der Waals surface area (Å²) >= 11 is 0. The van der Waals surface area contributed by atoms with Gasteiger partial charge >= 0.3 is 0 Å². The Kier molecular flexibility index (Phi) is 4.64. The van der Waals surface area contributed by atoms with Gasteiger partial charge in [-0.1, -0.05) is 6.92 Å². The Labute approximate surface area is 175 Å². The third kappa shape index (κ3) is 2.88. The smallest absolute Gasteiger partial charge is 0.299 e. The highest BCUT2D eigenvalue weighted by Gasteiger charge is 2.49. The number of hydrogen-bond acceptors (Lipinski definition) is 6. The number of carbonyl (C=O) groups is 2. The highest BCUT2D eigenvalue weighted by atomic mass is 16.5. The van der Waals surface area contributed by atoms with Gasteiger partial charge in [-0.25, -0.2) is 0 Å². The van der Waals surface area contributed by atoms with Gasteiger partial charge in [-0.3, -0.25) is 14.5 Å². The number of hydrogen-bond donors (Lipinski definition) is 0. The lowest BCUT2D eigenvalue weighted by atomic mass is 9.80. The fraction of sp³-hybridized carbons (Fsp3) is 0.391. The van der Waals surface area contributed by atoms with Crippen LogP contribution in [0, 0.1) is 0 Å². The average Bonchev–Trinajstić information content (AvgIpc) is 2.97. The topological polar surface area (TPSA) is 74.3 Å². The molecule has 0 saturated carbocycles. The third-order valence-electron chi connectivity index (χ3n) is 5.79. The minimum absolute atomic E-state index is 0.173. The average molecular weight is 411 g/mol. The van der Waals surface area contributed by atoms with E-state index in [0.29, 0.717) is 40.0 Å². The van der Waals surface area contributed by atoms with Crippen LogP contribution in [-0.2, 0) is 4.79 Å². The zero-order valence-electron chi connectivity index (χ0n) is 18.0. The van der Waals surface area contributed by atoms with Gasteiger partial charge in [0.2, 0.25) is 5.75 Å². The Morgan fingerprint density at radius 1 is 0.933 bits per heavy atom. The molecule has 7 heteroatoms. The van der Waals surface area contributed by atoms with Crippen molar-refractivity contribution in [3.63, 3.8) is 0 Å². The summed E-state index contributed by atoms with van der Waals surface area (Å²) in [6.07, 6.45) is 0.756.